The molecular weight excluding hydrogens is 399 g/mol. The second kappa shape index (κ2) is 6.34. The van der Waals surface area contributed by atoms with Gasteiger partial charge in [0.2, 0.25) is 5.91 Å². The average molecular weight is 411 g/mol. The normalized spacial score (nSPS) is 9.88. The topological polar surface area (TPSA) is 49.4 Å². The molecule has 0 aliphatic carbocycles. The third-order valence-corrected chi connectivity index (χ3v) is 3.51. The van der Waals surface area contributed by atoms with Crippen molar-refractivity contribution in [2.75, 3.05) is 20.6 Å². The lowest BCUT2D eigenvalue weighted by Gasteiger charge is -2.11. The summed E-state index contributed by atoms with van der Waals surface area (Å²) in [6.07, 6.45) is 0. The molecule has 0 radical (unpaired) electrons. The molecule has 0 unspecified atom stereocenters. The van der Waals surface area contributed by atoms with E-state index < -0.39 is 0 Å². The predicted molar refractivity (Wildman–Crippen MR) is 77.9 cm³/mol. The lowest BCUT2D eigenvalue weighted by atomic mass is 10.2. The highest BCUT2D eigenvalue weighted by Gasteiger charge is 2.12. The molecule has 0 heterocycles. The van der Waals surface area contributed by atoms with E-state index in [-0.39, 0.29) is 18.4 Å². The van der Waals surface area contributed by atoms with E-state index in [1.165, 1.54) is 4.90 Å². The quantitative estimate of drug-likeness (QED) is 0.773. The number of nitrogens with zero attached hydrogens (tertiary/aromatic N) is 1. The standard InChI is InChI=1S/C11H12BrIN2O2/c1-15(2)10(16)6-14-11(17)8-5-7(12)3-4-9(8)13/h3-5H,6H2,1-2H3,(H,14,17). The number of hydrogen-bond donors (Lipinski definition) is 1. The van der Waals surface area contributed by atoms with Gasteiger partial charge in [0, 0.05) is 22.1 Å². The number of carbonyl (C=O) groups excluding carboxylic acids is 2. The van der Waals surface area contributed by atoms with E-state index in [2.05, 4.69) is 43.8 Å². The molecular formula is C11H12BrIN2O2. The van der Waals surface area contributed by atoms with Crippen molar-refractivity contribution in [3.05, 3.63) is 31.8 Å². The van der Waals surface area contributed by atoms with Crippen molar-refractivity contribution >= 4 is 50.3 Å². The van der Waals surface area contributed by atoms with Gasteiger partial charge in [-0.1, -0.05) is 15.9 Å². The summed E-state index contributed by atoms with van der Waals surface area (Å²) >= 11 is 5.40. The Bertz CT molecular complexity index is 449. The van der Waals surface area contributed by atoms with Crippen LogP contribution in [0.2, 0.25) is 0 Å². The van der Waals surface area contributed by atoms with E-state index in [0.717, 1.165) is 8.04 Å². The molecule has 0 aliphatic rings. The maximum Gasteiger partial charge on any atom is 0.252 e. The molecule has 0 spiro atoms. The first-order valence-electron chi connectivity index (χ1n) is 4.85. The number of nitrogens with one attached hydrogen (secondary N) is 1. The summed E-state index contributed by atoms with van der Waals surface area (Å²) in [4.78, 5) is 24.6. The van der Waals surface area contributed by atoms with Crippen LogP contribution in [0.3, 0.4) is 0 Å². The zero-order chi connectivity index (χ0) is 13.0. The van der Waals surface area contributed by atoms with Crippen LogP contribution in [-0.4, -0.2) is 37.4 Å². The highest BCUT2D eigenvalue weighted by molar-refractivity contribution is 14.1. The molecule has 1 aromatic carbocycles. The molecule has 0 aromatic heterocycles. The predicted octanol–water partition coefficient (Wildman–Crippen LogP) is 1.87. The number of likely N-dealkylation sites (N-methyl/N-ethyl adjacent to an activating group) is 1. The number of halogens is 2. The first-order chi connectivity index (χ1) is 7.91. The van der Waals surface area contributed by atoms with Crippen LogP contribution in [0.15, 0.2) is 22.7 Å². The molecule has 1 N–H and O–H groups in total. The van der Waals surface area contributed by atoms with Gasteiger partial charge < -0.3 is 10.2 Å². The summed E-state index contributed by atoms with van der Waals surface area (Å²) in [5, 5.41) is 2.59. The van der Waals surface area contributed by atoms with Crippen LogP contribution in [0.5, 0.6) is 0 Å². The summed E-state index contributed by atoms with van der Waals surface area (Å²) in [5.74, 6) is -0.380. The lowest BCUT2D eigenvalue weighted by Crippen LogP contribution is -2.36. The van der Waals surface area contributed by atoms with Crippen LogP contribution in [0, 0.1) is 3.57 Å². The number of rotatable bonds is 3. The monoisotopic (exact) mass is 410 g/mol. The van der Waals surface area contributed by atoms with E-state index in [4.69, 9.17) is 0 Å². The van der Waals surface area contributed by atoms with Crippen LogP contribution >= 0.6 is 38.5 Å². The Morgan fingerprint density at radius 2 is 2.06 bits per heavy atom. The van der Waals surface area contributed by atoms with Crippen molar-refractivity contribution in [1.82, 2.24) is 10.2 Å². The molecule has 92 valence electrons. The Labute approximate surface area is 122 Å². The molecule has 4 nitrogen and oxygen atoms in total. The van der Waals surface area contributed by atoms with Crippen molar-refractivity contribution in [1.29, 1.82) is 0 Å². The Kier molecular flexibility index (Phi) is 5.38. The van der Waals surface area contributed by atoms with Crippen molar-refractivity contribution in [2.45, 2.75) is 0 Å². The molecule has 0 aliphatic heterocycles. The molecule has 0 saturated heterocycles. The first kappa shape index (κ1) is 14.4. The van der Waals surface area contributed by atoms with Gasteiger partial charge in [-0.2, -0.15) is 0 Å². The van der Waals surface area contributed by atoms with Gasteiger partial charge in [-0.25, -0.2) is 0 Å². The number of hydrogen-bond acceptors (Lipinski definition) is 2. The van der Waals surface area contributed by atoms with Gasteiger partial charge in [-0.15, -0.1) is 0 Å². The van der Waals surface area contributed by atoms with Crippen LogP contribution in [-0.2, 0) is 4.79 Å². The summed E-state index contributed by atoms with van der Waals surface area (Å²) in [6.45, 7) is 0.00836. The van der Waals surface area contributed by atoms with Gasteiger partial charge in [0.25, 0.3) is 5.91 Å². The smallest absolute Gasteiger partial charge is 0.252 e. The van der Waals surface area contributed by atoms with Crippen molar-refractivity contribution in [3.63, 3.8) is 0 Å². The fourth-order valence-electron chi connectivity index (χ4n) is 1.08. The van der Waals surface area contributed by atoms with Gasteiger partial charge in [-0.05, 0) is 40.8 Å². The van der Waals surface area contributed by atoms with Crippen LogP contribution < -0.4 is 5.32 Å². The van der Waals surface area contributed by atoms with Gasteiger partial charge in [0.1, 0.15) is 0 Å². The zero-order valence-corrected chi connectivity index (χ0v) is 13.2. The highest BCUT2D eigenvalue weighted by atomic mass is 127. The zero-order valence-electron chi connectivity index (χ0n) is 9.46. The van der Waals surface area contributed by atoms with Crippen molar-refractivity contribution < 1.29 is 9.59 Å². The minimum Gasteiger partial charge on any atom is -0.347 e. The second-order valence-corrected chi connectivity index (χ2v) is 5.67. The van der Waals surface area contributed by atoms with E-state index in [1.54, 1.807) is 20.2 Å². The second-order valence-electron chi connectivity index (χ2n) is 3.60. The molecule has 0 atom stereocenters. The van der Waals surface area contributed by atoms with Crippen LogP contribution in [0.1, 0.15) is 10.4 Å². The molecule has 0 saturated carbocycles. The molecule has 0 fully saturated rings. The first-order valence-corrected chi connectivity index (χ1v) is 6.72. The summed E-state index contributed by atoms with van der Waals surface area (Å²) < 4.78 is 1.68. The van der Waals surface area contributed by atoms with Gasteiger partial charge in [-0.3, -0.25) is 9.59 Å². The Hall–Kier alpha value is -0.630. The molecule has 2 amide bonds. The number of amides is 2. The summed E-state index contributed by atoms with van der Waals surface area (Å²) in [7, 11) is 3.30. The van der Waals surface area contributed by atoms with Gasteiger partial charge in [0.15, 0.2) is 0 Å². The van der Waals surface area contributed by atoms with E-state index in [1.807, 2.05) is 12.1 Å². The van der Waals surface area contributed by atoms with Crippen LogP contribution in [0.25, 0.3) is 0 Å². The Balaban J connectivity index is 2.70. The third-order valence-electron chi connectivity index (χ3n) is 2.07. The average Bonchev–Trinajstić information content (AvgIpc) is 2.28. The lowest BCUT2D eigenvalue weighted by molar-refractivity contribution is -0.127. The molecule has 0 bridgehead atoms. The molecule has 1 aromatic rings. The molecule has 1 rings (SSSR count). The fraction of sp³-hybridized carbons (Fsp3) is 0.273. The van der Waals surface area contributed by atoms with Crippen molar-refractivity contribution in [2.24, 2.45) is 0 Å². The van der Waals surface area contributed by atoms with Crippen molar-refractivity contribution in [3.8, 4) is 0 Å². The summed E-state index contributed by atoms with van der Waals surface area (Å²) in [6, 6.07) is 5.44. The van der Waals surface area contributed by atoms with E-state index in [9.17, 15) is 9.59 Å². The molecule has 6 heteroatoms. The molecule has 17 heavy (non-hydrogen) atoms. The largest absolute Gasteiger partial charge is 0.347 e. The minimum atomic E-state index is -0.245. The third kappa shape index (κ3) is 4.27. The van der Waals surface area contributed by atoms with Crippen LogP contribution in [0.4, 0.5) is 0 Å². The maximum absolute atomic E-state index is 11.8. The highest BCUT2D eigenvalue weighted by Crippen LogP contribution is 2.18. The minimum absolute atomic E-state index is 0.00836. The van der Waals surface area contributed by atoms with Gasteiger partial charge >= 0.3 is 0 Å². The van der Waals surface area contributed by atoms with Gasteiger partial charge in [0.05, 0.1) is 12.1 Å². The summed E-state index contributed by atoms with van der Waals surface area (Å²) in [5.41, 5.74) is 0.562. The van der Waals surface area contributed by atoms with E-state index >= 15 is 0 Å². The maximum atomic E-state index is 11.8. The SMILES string of the molecule is CN(C)C(=O)CNC(=O)c1cc(Br)ccc1I. The fourth-order valence-corrected chi connectivity index (χ4v) is 2.02. The Morgan fingerprint density at radius 3 is 2.65 bits per heavy atom. The number of benzene rings is 1. The number of carbonyl (C=O) groups is 2. The van der Waals surface area contributed by atoms with E-state index in [0.29, 0.717) is 5.56 Å². The Morgan fingerprint density at radius 1 is 1.41 bits per heavy atom.